The Morgan fingerprint density at radius 3 is 2.56 bits per heavy atom. The zero-order chi connectivity index (χ0) is 17.8. The van der Waals surface area contributed by atoms with Gasteiger partial charge in [0.2, 0.25) is 0 Å². The molecule has 134 valence electrons. The van der Waals surface area contributed by atoms with Gasteiger partial charge in [0.1, 0.15) is 11.9 Å². The summed E-state index contributed by atoms with van der Waals surface area (Å²) in [6.45, 7) is 6.36. The number of carbonyl (C=O) groups excluding carboxylic acids is 1. The topological polar surface area (TPSA) is 50.6 Å². The number of rotatable bonds is 5. The number of imidazole rings is 1. The molecule has 6 heteroatoms. The van der Waals surface area contributed by atoms with Crippen molar-refractivity contribution >= 4 is 5.97 Å². The summed E-state index contributed by atoms with van der Waals surface area (Å²) in [5.41, 5.74) is 2.15. The van der Waals surface area contributed by atoms with E-state index in [4.69, 9.17) is 4.74 Å². The highest BCUT2D eigenvalue weighted by atomic mass is 16.5. The summed E-state index contributed by atoms with van der Waals surface area (Å²) in [4.78, 5) is 21.5. The molecule has 0 saturated carbocycles. The van der Waals surface area contributed by atoms with Crippen LogP contribution in [0.2, 0.25) is 0 Å². The van der Waals surface area contributed by atoms with Crippen LogP contribution >= 0.6 is 0 Å². The van der Waals surface area contributed by atoms with Gasteiger partial charge in [-0.05, 0) is 18.1 Å². The first kappa shape index (κ1) is 17.6. The fourth-order valence-electron chi connectivity index (χ4n) is 3.41. The van der Waals surface area contributed by atoms with Crippen molar-refractivity contribution in [2.24, 2.45) is 7.05 Å². The normalized spacial score (nSPS) is 17.4. The molecule has 0 bridgehead atoms. The lowest BCUT2D eigenvalue weighted by Gasteiger charge is -2.38. The van der Waals surface area contributed by atoms with Gasteiger partial charge in [0.05, 0.1) is 13.7 Å². The largest absolute Gasteiger partial charge is 0.468 e. The molecule has 1 fully saturated rings. The maximum Gasteiger partial charge on any atom is 0.327 e. The van der Waals surface area contributed by atoms with E-state index in [1.165, 1.54) is 7.11 Å². The maximum atomic E-state index is 12.5. The summed E-state index contributed by atoms with van der Waals surface area (Å²) in [5, 5.41) is 0. The summed E-state index contributed by atoms with van der Waals surface area (Å²) >= 11 is 0. The Bertz CT molecular complexity index is 720. The highest BCUT2D eigenvalue weighted by molar-refractivity contribution is 5.78. The van der Waals surface area contributed by atoms with Crippen molar-refractivity contribution in [1.82, 2.24) is 19.4 Å². The predicted molar refractivity (Wildman–Crippen MR) is 96.0 cm³/mol. The third kappa shape index (κ3) is 3.91. The van der Waals surface area contributed by atoms with E-state index in [1.54, 1.807) is 0 Å². The van der Waals surface area contributed by atoms with Crippen LogP contribution in [-0.4, -0.2) is 58.6 Å². The molecule has 2 heterocycles. The minimum atomic E-state index is -0.332. The van der Waals surface area contributed by atoms with Crippen molar-refractivity contribution in [3.63, 3.8) is 0 Å². The van der Waals surface area contributed by atoms with Gasteiger partial charge in [-0.15, -0.1) is 0 Å². The molecule has 0 aliphatic carbocycles. The molecule has 1 saturated heterocycles. The monoisotopic (exact) mass is 342 g/mol. The summed E-state index contributed by atoms with van der Waals surface area (Å²) < 4.78 is 7.15. The Labute approximate surface area is 149 Å². The average molecular weight is 342 g/mol. The van der Waals surface area contributed by atoms with Crippen molar-refractivity contribution in [2.75, 3.05) is 33.3 Å². The molecule has 1 aromatic heterocycles. The van der Waals surface area contributed by atoms with Crippen LogP contribution in [0.25, 0.3) is 0 Å². The summed E-state index contributed by atoms with van der Waals surface area (Å²) in [7, 11) is 3.48. The summed E-state index contributed by atoms with van der Waals surface area (Å²) in [6, 6.07) is 7.72. The number of methoxy groups -OCH3 is 1. The van der Waals surface area contributed by atoms with E-state index in [-0.39, 0.29) is 12.0 Å². The predicted octanol–water partition coefficient (Wildman–Crippen LogP) is 1.76. The Morgan fingerprint density at radius 2 is 1.96 bits per heavy atom. The van der Waals surface area contributed by atoms with Gasteiger partial charge >= 0.3 is 5.97 Å². The fourth-order valence-corrected chi connectivity index (χ4v) is 3.41. The molecular formula is C19H26N4O2. The minimum Gasteiger partial charge on any atom is -0.468 e. The molecule has 1 aliphatic heterocycles. The average Bonchev–Trinajstić information content (AvgIpc) is 3.03. The quantitative estimate of drug-likeness (QED) is 0.775. The lowest BCUT2D eigenvalue weighted by Crippen LogP contribution is -2.49. The molecule has 1 unspecified atom stereocenters. The number of nitrogens with zero attached hydrogens (tertiary/aromatic N) is 4. The van der Waals surface area contributed by atoms with Crippen molar-refractivity contribution in [1.29, 1.82) is 0 Å². The van der Waals surface area contributed by atoms with Gasteiger partial charge in [-0.2, -0.15) is 0 Å². The van der Waals surface area contributed by atoms with Gasteiger partial charge in [-0.1, -0.05) is 24.3 Å². The van der Waals surface area contributed by atoms with Crippen LogP contribution in [0.1, 0.15) is 23.0 Å². The number of hydrogen-bond acceptors (Lipinski definition) is 5. The molecule has 2 aromatic rings. The van der Waals surface area contributed by atoms with E-state index in [9.17, 15) is 4.79 Å². The van der Waals surface area contributed by atoms with Gasteiger partial charge in [0, 0.05) is 45.6 Å². The standard InChI is InChI=1S/C19H26N4O2/c1-15-6-4-5-7-16(15)18(19(24)25-3)23-12-10-22(11-13-23)14-17-20-8-9-21(17)2/h4-9,18H,10-14H2,1-3H3. The number of ether oxygens (including phenoxy) is 1. The number of esters is 1. The highest BCUT2D eigenvalue weighted by Crippen LogP contribution is 2.26. The minimum absolute atomic E-state index is 0.188. The van der Waals surface area contributed by atoms with Crippen LogP contribution in [0.15, 0.2) is 36.7 Å². The van der Waals surface area contributed by atoms with Gasteiger partial charge in [-0.25, -0.2) is 9.78 Å². The lowest BCUT2D eigenvalue weighted by atomic mass is 9.99. The van der Waals surface area contributed by atoms with Gasteiger partial charge in [0.15, 0.2) is 0 Å². The second kappa shape index (κ2) is 7.80. The summed E-state index contributed by atoms with van der Waals surface area (Å²) in [5.74, 6) is 0.878. The Hall–Kier alpha value is -2.18. The Balaban J connectivity index is 1.69. The first-order valence-electron chi connectivity index (χ1n) is 8.66. The van der Waals surface area contributed by atoms with Gasteiger partial charge < -0.3 is 9.30 Å². The zero-order valence-electron chi connectivity index (χ0n) is 15.2. The molecule has 25 heavy (non-hydrogen) atoms. The molecule has 1 atom stereocenters. The molecule has 0 amide bonds. The lowest BCUT2D eigenvalue weighted by molar-refractivity contribution is -0.148. The zero-order valence-corrected chi connectivity index (χ0v) is 15.2. The smallest absolute Gasteiger partial charge is 0.327 e. The molecule has 0 spiro atoms. The van der Waals surface area contributed by atoms with E-state index in [2.05, 4.69) is 19.4 Å². The third-order valence-corrected chi connectivity index (χ3v) is 4.97. The molecule has 6 nitrogen and oxygen atoms in total. The van der Waals surface area contributed by atoms with E-state index in [1.807, 2.05) is 50.6 Å². The second-order valence-electron chi connectivity index (χ2n) is 6.55. The first-order chi connectivity index (χ1) is 12.1. The second-order valence-corrected chi connectivity index (χ2v) is 6.55. The SMILES string of the molecule is COC(=O)C(c1ccccc1C)N1CCN(Cc2nccn2C)CC1. The van der Waals surface area contributed by atoms with E-state index in [0.29, 0.717) is 0 Å². The van der Waals surface area contributed by atoms with Crippen LogP contribution in [0, 0.1) is 6.92 Å². The molecule has 0 radical (unpaired) electrons. The number of hydrogen-bond donors (Lipinski definition) is 0. The van der Waals surface area contributed by atoms with Crippen LogP contribution in [0.5, 0.6) is 0 Å². The molecule has 3 rings (SSSR count). The Kier molecular flexibility index (Phi) is 5.50. The summed E-state index contributed by atoms with van der Waals surface area (Å²) in [6.07, 6.45) is 3.80. The van der Waals surface area contributed by atoms with Crippen molar-refractivity contribution in [3.8, 4) is 0 Å². The number of aromatic nitrogens is 2. The number of carbonyl (C=O) groups is 1. The number of piperazine rings is 1. The van der Waals surface area contributed by atoms with E-state index in [0.717, 1.165) is 49.7 Å². The Morgan fingerprint density at radius 1 is 1.24 bits per heavy atom. The van der Waals surface area contributed by atoms with Gasteiger partial charge in [0.25, 0.3) is 0 Å². The molecule has 1 aromatic carbocycles. The van der Waals surface area contributed by atoms with Crippen molar-refractivity contribution < 1.29 is 9.53 Å². The van der Waals surface area contributed by atoms with Gasteiger partial charge in [-0.3, -0.25) is 9.80 Å². The highest BCUT2D eigenvalue weighted by Gasteiger charge is 2.32. The van der Waals surface area contributed by atoms with Crippen LogP contribution in [0.3, 0.4) is 0 Å². The van der Waals surface area contributed by atoms with E-state index < -0.39 is 0 Å². The first-order valence-corrected chi connectivity index (χ1v) is 8.66. The maximum absolute atomic E-state index is 12.5. The van der Waals surface area contributed by atoms with Crippen molar-refractivity contribution in [3.05, 3.63) is 53.6 Å². The molecular weight excluding hydrogens is 316 g/mol. The van der Waals surface area contributed by atoms with Crippen molar-refractivity contribution in [2.45, 2.75) is 19.5 Å². The molecule has 0 N–H and O–H groups in total. The number of aryl methyl sites for hydroxylation is 2. The van der Waals surface area contributed by atoms with E-state index >= 15 is 0 Å². The molecule has 1 aliphatic rings. The van der Waals surface area contributed by atoms with Crippen LogP contribution < -0.4 is 0 Å². The number of benzene rings is 1. The van der Waals surface area contributed by atoms with Crippen LogP contribution in [0.4, 0.5) is 0 Å². The third-order valence-electron chi connectivity index (χ3n) is 4.97. The fraction of sp³-hybridized carbons (Fsp3) is 0.474. The van der Waals surface area contributed by atoms with Crippen LogP contribution in [-0.2, 0) is 23.1 Å².